The number of benzene rings is 3. The van der Waals surface area contributed by atoms with Crippen LogP contribution in [0.15, 0.2) is 60.7 Å². The molecule has 0 aliphatic carbocycles. The van der Waals surface area contributed by atoms with E-state index in [1.807, 2.05) is 6.07 Å². The van der Waals surface area contributed by atoms with E-state index in [2.05, 4.69) is 66.5 Å². The summed E-state index contributed by atoms with van der Waals surface area (Å²) in [6.45, 7) is 1.91. The topological polar surface area (TPSA) is 32.7 Å². The number of hydrogen-bond donors (Lipinski definition) is 1. The van der Waals surface area contributed by atoms with E-state index in [4.69, 9.17) is 9.68 Å². The zero-order valence-electron chi connectivity index (χ0n) is 13.8. The predicted octanol–water partition coefficient (Wildman–Crippen LogP) is 3.05. The first-order chi connectivity index (χ1) is 11.7. The molecule has 4 rings (SSSR count). The lowest BCUT2D eigenvalue weighted by Crippen LogP contribution is -2.31. The average molecular weight is 317 g/mol. The molecule has 3 aromatic rings. The SMILES string of the molecule is CN1Cc2cc(OBO)ccc2[C@H](c2ccc3ccccc3c2)C1. The zero-order chi connectivity index (χ0) is 16.5. The van der Waals surface area contributed by atoms with Gasteiger partial charge in [-0.25, -0.2) is 0 Å². The maximum atomic E-state index is 8.97. The van der Waals surface area contributed by atoms with Crippen LogP contribution in [0.5, 0.6) is 5.75 Å². The Kier molecular flexibility index (Phi) is 4.01. The van der Waals surface area contributed by atoms with E-state index in [1.165, 1.54) is 27.5 Å². The second-order valence-corrected chi connectivity index (χ2v) is 6.49. The first-order valence-electron chi connectivity index (χ1n) is 8.28. The third-order valence-corrected chi connectivity index (χ3v) is 4.83. The second kappa shape index (κ2) is 6.31. The Morgan fingerprint density at radius 3 is 2.71 bits per heavy atom. The number of nitrogens with zero attached hydrogens (tertiary/aromatic N) is 1. The van der Waals surface area contributed by atoms with Crippen LogP contribution < -0.4 is 4.65 Å². The molecule has 0 amide bonds. The van der Waals surface area contributed by atoms with Crippen molar-refractivity contribution in [1.29, 1.82) is 0 Å². The van der Waals surface area contributed by atoms with Crippen molar-refractivity contribution in [3.8, 4) is 5.75 Å². The molecule has 0 aromatic heterocycles. The molecule has 3 nitrogen and oxygen atoms in total. The minimum Gasteiger partial charge on any atom is -0.539 e. The van der Waals surface area contributed by atoms with E-state index in [9.17, 15) is 0 Å². The summed E-state index contributed by atoms with van der Waals surface area (Å²) in [4.78, 5) is 2.34. The van der Waals surface area contributed by atoms with Gasteiger partial charge in [-0.05, 0) is 46.6 Å². The van der Waals surface area contributed by atoms with Gasteiger partial charge >= 0.3 is 7.69 Å². The predicted molar refractivity (Wildman–Crippen MR) is 98.6 cm³/mol. The first-order valence-corrected chi connectivity index (χ1v) is 8.28. The Bertz CT molecular complexity index is 880. The van der Waals surface area contributed by atoms with Crippen LogP contribution in [0, 0.1) is 0 Å². The van der Waals surface area contributed by atoms with E-state index in [0.29, 0.717) is 5.92 Å². The van der Waals surface area contributed by atoms with Gasteiger partial charge in [0.25, 0.3) is 0 Å². The lowest BCUT2D eigenvalue weighted by atomic mass is 9.84. The average Bonchev–Trinajstić information content (AvgIpc) is 2.60. The largest absolute Gasteiger partial charge is 0.539 e. The van der Waals surface area contributed by atoms with Gasteiger partial charge in [0, 0.05) is 19.0 Å². The van der Waals surface area contributed by atoms with Crippen LogP contribution in [0.1, 0.15) is 22.6 Å². The maximum absolute atomic E-state index is 8.97. The lowest BCUT2D eigenvalue weighted by molar-refractivity contribution is 0.294. The fraction of sp³-hybridized carbons (Fsp3) is 0.200. The molecule has 1 atom stereocenters. The molecule has 1 N–H and O–H groups in total. The molecule has 24 heavy (non-hydrogen) atoms. The highest BCUT2D eigenvalue weighted by atomic mass is 16.5. The van der Waals surface area contributed by atoms with Gasteiger partial charge in [0.2, 0.25) is 0 Å². The highest BCUT2D eigenvalue weighted by Crippen LogP contribution is 2.35. The third-order valence-electron chi connectivity index (χ3n) is 4.83. The van der Waals surface area contributed by atoms with Crippen LogP contribution in [-0.4, -0.2) is 31.2 Å². The number of likely N-dealkylation sites (N-methyl/N-ethyl adjacent to an activating group) is 1. The molecule has 4 heteroatoms. The Balaban J connectivity index is 1.77. The van der Waals surface area contributed by atoms with Gasteiger partial charge in [0.15, 0.2) is 0 Å². The number of rotatable bonds is 3. The molecule has 0 unspecified atom stereocenters. The second-order valence-electron chi connectivity index (χ2n) is 6.49. The quantitative estimate of drug-likeness (QED) is 0.754. The van der Waals surface area contributed by atoms with Crippen LogP contribution in [0.2, 0.25) is 0 Å². The van der Waals surface area contributed by atoms with Crippen molar-refractivity contribution in [2.45, 2.75) is 12.5 Å². The molecule has 0 bridgehead atoms. The van der Waals surface area contributed by atoms with Crippen LogP contribution in [0.25, 0.3) is 10.8 Å². The summed E-state index contributed by atoms with van der Waals surface area (Å²) in [5.41, 5.74) is 3.97. The molecule has 0 saturated carbocycles. The summed E-state index contributed by atoms with van der Waals surface area (Å²) in [5.74, 6) is 1.08. The molecule has 0 fully saturated rings. The van der Waals surface area contributed by atoms with E-state index in [-0.39, 0.29) is 7.69 Å². The Hall–Kier alpha value is -2.30. The summed E-state index contributed by atoms with van der Waals surface area (Å²) in [7, 11) is 1.86. The van der Waals surface area contributed by atoms with Crippen molar-refractivity contribution < 1.29 is 9.68 Å². The molecular formula is C20H20BNO2. The normalized spacial score (nSPS) is 17.5. The van der Waals surface area contributed by atoms with Gasteiger partial charge in [0.05, 0.1) is 0 Å². The van der Waals surface area contributed by atoms with Crippen LogP contribution >= 0.6 is 0 Å². The van der Waals surface area contributed by atoms with Gasteiger partial charge in [-0.15, -0.1) is 0 Å². The molecule has 0 spiro atoms. The van der Waals surface area contributed by atoms with Gasteiger partial charge < -0.3 is 14.6 Å². The molecule has 0 saturated heterocycles. The van der Waals surface area contributed by atoms with Gasteiger partial charge in [0.1, 0.15) is 5.75 Å². The van der Waals surface area contributed by atoms with Crippen molar-refractivity contribution in [2.24, 2.45) is 0 Å². The molecule has 3 aromatic carbocycles. The molecule has 120 valence electrons. The summed E-state index contributed by atoms with van der Waals surface area (Å²) in [5, 5.41) is 11.5. The van der Waals surface area contributed by atoms with Crippen molar-refractivity contribution >= 4 is 18.5 Å². The van der Waals surface area contributed by atoms with Crippen molar-refractivity contribution in [3.63, 3.8) is 0 Å². The fourth-order valence-corrected chi connectivity index (χ4v) is 3.70. The van der Waals surface area contributed by atoms with Crippen LogP contribution in [0.4, 0.5) is 0 Å². The molecule has 0 radical (unpaired) electrons. The van der Waals surface area contributed by atoms with Crippen molar-refractivity contribution in [3.05, 3.63) is 77.4 Å². The number of fused-ring (bicyclic) bond motifs is 2. The van der Waals surface area contributed by atoms with E-state index < -0.39 is 0 Å². The summed E-state index contributed by atoms with van der Waals surface area (Å²) in [6, 6.07) is 21.4. The van der Waals surface area contributed by atoms with E-state index >= 15 is 0 Å². The Morgan fingerprint density at radius 2 is 1.88 bits per heavy atom. The van der Waals surface area contributed by atoms with E-state index in [1.54, 1.807) is 0 Å². The minimum atomic E-state index is -0.289. The molecule has 1 heterocycles. The highest BCUT2D eigenvalue weighted by Gasteiger charge is 2.25. The Labute approximate surface area is 142 Å². The maximum Gasteiger partial charge on any atom is 0.504 e. The number of hydrogen-bond acceptors (Lipinski definition) is 3. The first kappa shape index (κ1) is 15.2. The smallest absolute Gasteiger partial charge is 0.504 e. The summed E-state index contributed by atoms with van der Waals surface area (Å²) in [6.07, 6.45) is 0. The summed E-state index contributed by atoms with van der Waals surface area (Å²) < 4.78 is 5.24. The van der Waals surface area contributed by atoms with Crippen LogP contribution in [-0.2, 0) is 6.54 Å². The van der Waals surface area contributed by atoms with Gasteiger partial charge in [-0.3, -0.25) is 0 Å². The minimum absolute atomic E-state index is 0.289. The zero-order valence-corrected chi connectivity index (χ0v) is 13.8. The highest BCUT2D eigenvalue weighted by molar-refractivity contribution is 6.17. The Morgan fingerprint density at radius 1 is 1.04 bits per heavy atom. The summed E-state index contributed by atoms with van der Waals surface area (Å²) >= 11 is 0. The lowest BCUT2D eigenvalue weighted by Gasteiger charge is -2.33. The molecule has 1 aliphatic rings. The van der Waals surface area contributed by atoms with Crippen LogP contribution in [0.3, 0.4) is 0 Å². The monoisotopic (exact) mass is 317 g/mol. The van der Waals surface area contributed by atoms with E-state index in [0.717, 1.165) is 18.8 Å². The molecular weight excluding hydrogens is 297 g/mol. The van der Waals surface area contributed by atoms with Crippen molar-refractivity contribution in [1.82, 2.24) is 4.90 Å². The van der Waals surface area contributed by atoms with Gasteiger partial charge in [-0.2, -0.15) is 0 Å². The fourth-order valence-electron chi connectivity index (χ4n) is 3.70. The standard InChI is InChI=1S/C20H20BNO2/c1-22-12-17-11-18(24-21-23)8-9-19(17)20(13-22)16-7-6-14-4-2-3-5-15(14)10-16/h2-11,20-21,23H,12-13H2,1H3/t20-/m0/s1. The van der Waals surface area contributed by atoms with Gasteiger partial charge in [-0.1, -0.05) is 48.5 Å². The van der Waals surface area contributed by atoms with Crippen molar-refractivity contribution in [2.75, 3.05) is 13.6 Å². The third kappa shape index (κ3) is 2.79. The molecule has 1 aliphatic heterocycles.